The van der Waals surface area contributed by atoms with Crippen LogP contribution >= 0.6 is 15.6 Å². The second-order valence-electron chi connectivity index (χ2n) is 25.9. The minimum Gasteiger partial charge on any atom is -0.462 e. The van der Waals surface area contributed by atoms with Crippen molar-refractivity contribution in [2.75, 3.05) is 39.6 Å². The number of allylic oxidation sites excluding steroid dienone is 21. The molecule has 0 radical (unpaired) electrons. The zero-order chi connectivity index (χ0) is 74.6. The van der Waals surface area contributed by atoms with Gasteiger partial charge in [0.2, 0.25) is 0 Å². The van der Waals surface area contributed by atoms with E-state index in [1.165, 1.54) is 83.5 Å². The normalized spacial score (nSPS) is 14.6. The van der Waals surface area contributed by atoms with Gasteiger partial charge in [-0.2, -0.15) is 0 Å². The summed E-state index contributed by atoms with van der Waals surface area (Å²) in [4.78, 5) is 72.9. The van der Waals surface area contributed by atoms with Crippen molar-refractivity contribution in [1.29, 1.82) is 0 Å². The van der Waals surface area contributed by atoms with Gasteiger partial charge >= 0.3 is 39.5 Å². The van der Waals surface area contributed by atoms with Crippen molar-refractivity contribution >= 4 is 39.5 Å². The number of carbonyl (C=O) groups excluding carboxylic acids is 4. The average molecular weight is 1470 g/mol. The molecule has 0 heterocycles. The minimum absolute atomic E-state index is 0.0566. The van der Waals surface area contributed by atoms with Crippen LogP contribution in [0.2, 0.25) is 0 Å². The molecule has 0 aromatic rings. The van der Waals surface area contributed by atoms with E-state index in [0.29, 0.717) is 25.7 Å². The number of phosphoric acid groups is 2. The largest absolute Gasteiger partial charge is 0.472 e. The molecule has 0 fully saturated rings. The smallest absolute Gasteiger partial charge is 0.462 e. The third-order valence-corrected chi connectivity index (χ3v) is 18.0. The zero-order valence-corrected chi connectivity index (χ0v) is 65.5. The van der Waals surface area contributed by atoms with Crippen molar-refractivity contribution in [3.63, 3.8) is 0 Å². The van der Waals surface area contributed by atoms with E-state index >= 15 is 0 Å². The van der Waals surface area contributed by atoms with Gasteiger partial charge < -0.3 is 33.8 Å². The number of unbranched alkanes of at least 4 members (excludes halogenated alkanes) is 26. The third-order valence-electron chi connectivity index (χ3n) is 16.1. The maximum absolute atomic E-state index is 13.1. The molecule has 19 heteroatoms. The summed E-state index contributed by atoms with van der Waals surface area (Å²) in [7, 11) is -9.99. The number of ether oxygens (including phenoxy) is 4. The molecule has 0 aliphatic carbocycles. The van der Waals surface area contributed by atoms with Gasteiger partial charge in [-0.15, -0.1) is 0 Å². The number of hydrogen-bond acceptors (Lipinski definition) is 15. The van der Waals surface area contributed by atoms with Gasteiger partial charge in [-0.05, 0) is 122 Å². The van der Waals surface area contributed by atoms with Gasteiger partial charge in [0.15, 0.2) is 12.2 Å². The fraction of sp³-hybridized carbons (Fsp3) is 0.687. The molecule has 0 rings (SSSR count). The lowest BCUT2D eigenvalue weighted by Crippen LogP contribution is -2.30. The number of carbonyl (C=O) groups is 4. The summed E-state index contributed by atoms with van der Waals surface area (Å²) in [6.45, 7) is 4.48. The van der Waals surface area contributed by atoms with Gasteiger partial charge in [-0.1, -0.05) is 296 Å². The molecule has 102 heavy (non-hydrogen) atoms. The second-order valence-corrected chi connectivity index (χ2v) is 28.8. The molecule has 584 valence electrons. The molecule has 0 aromatic heterocycles. The number of rotatable bonds is 73. The zero-order valence-electron chi connectivity index (χ0n) is 63.7. The summed E-state index contributed by atoms with van der Waals surface area (Å²) in [5.41, 5.74) is 0. The molecular weight excluding hydrogens is 1330 g/mol. The second kappa shape index (κ2) is 74.5. The van der Waals surface area contributed by atoms with E-state index in [2.05, 4.69) is 137 Å². The van der Waals surface area contributed by atoms with Gasteiger partial charge in [-0.25, -0.2) is 9.13 Å². The summed E-state index contributed by atoms with van der Waals surface area (Å²) in [5.74, 6) is -2.36. The Bertz CT molecular complexity index is 2460. The Morgan fingerprint density at radius 1 is 0.294 bits per heavy atom. The lowest BCUT2D eigenvalue weighted by Gasteiger charge is -2.21. The predicted molar refractivity (Wildman–Crippen MR) is 418 cm³/mol. The number of aliphatic hydroxyl groups is 1. The maximum atomic E-state index is 13.1. The van der Waals surface area contributed by atoms with E-state index in [4.69, 9.17) is 37.0 Å². The van der Waals surface area contributed by atoms with Crippen LogP contribution in [0.15, 0.2) is 134 Å². The number of hydrogen-bond donors (Lipinski definition) is 3. The fourth-order valence-corrected chi connectivity index (χ4v) is 11.8. The minimum atomic E-state index is -5.00. The molecule has 0 aliphatic rings. The summed E-state index contributed by atoms with van der Waals surface area (Å²) < 4.78 is 68.4. The number of esters is 4. The predicted octanol–water partition coefficient (Wildman–Crippen LogP) is 22.9. The van der Waals surface area contributed by atoms with Crippen molar-refractivity contribution in [3.05, 3.63) is 134 Å². The molecule has 0 bridgehead atoms. The molecule has 3 N–H and O–H groups in total. The lowest BCUT2D eigenvalue weighted by molar-refractivity contribution is -0.161. The Kier molecular flexibility index (Phi) is 71.0. The summed E-state index contributed by atoms with van der Waals surface area (Å²) in [6, 6.07) is 0. The van der Waals surface area contributed by atoms with E-state index in [-0.39, 0.29) is 25.7 Å². The van der Waals surface area contributed by atoms with Crippen LogP contribution in [0.25, 0.3) is 0 Å². The first-order chi connectivity index (χ1) is 49.7. The summed E-state index contributed by atoms with van der Waals surface area (Å²) >= 11 is 0. The standard InChI is InChI=1S/C83H140O17P2/c1-5-9-13-17-21-25-29-33-37-38-42-44-48-52-56-60-64-68-81(86)94-74-79(100-83(88)70-66-62-58-54-50-46-41-36-32-28-24-20-16-12-8-4)76-98-102(91,92)96-72-77(84)71-95-101(89,90)97-75-78(99-82(87)69-65-61-57-53-49-45-40-35-31-27-23-19-15-11-7-3)73-93-80(85)67-63-59-55-51-47-43-39-34-30-26-22-18-14-10-6-2/h9-10,13-14,21-23,25-27,33-35,37,39-40,42,44,47,51,59,63,77-79,84H,5-8,11-12,15-20,24,28-32,36,38,41,43,45-46,48-50,52-58,60-62,64-76H2,1-4H3,(H,89,90)(H,91,92)/b13-9-,14-10-,25-21-,26-22-,27-23-,37-33-,39-34-,40-35-,44-42-,51-47-,63-59-. The van der Waals surface area contributed by atoms with Crippen molar-refractivity contribution in [2.24, 2.45) is 0 Å². The van der Waals surface area contributed by atoms with Crippen molar-refractivity contribution in [3.8, 4) is 0 Å². The van der Waals surface area contributed by atoms with E-state index < -0.39 is 97.5 Å². The van der Waals surface area contributed by atoms with Gasteiger partial charge in [-0.3, -0.25) is 37.3 Å². The van der Waals surface area contributed by atoms with Crippen LogP contribution in [0.1, 0.15) is 310 Å². The summed E-state index contributed by atoms with van der Waals surface area (Å²) in [5, 5.41) is 10.6. The molecule has 0 aromatic carbocycles. The van der Waals surface area contributed by atoms with Gasteiger partial charge in [0.25, 0.3) is 0 Å². The molecule has 0 spiro atoms. The molecular formula is C83H140O17P2. The van der Waals surface area contributed by atoms with Crippen LogP contribution < -0.4 is 0 Å². The van der Waals surface area contributed by atoms with Crippen LogP contribution in [0.3, 0.4) is 0 Å². The number of phosphoric ester groups is 2. The molecule has 0 saturated heterocycles. The first-order valence-electron chi connectivity index (χ1n) is 39.4. The average Bonchev–Trinajstić information content (AvgIpc) is 0.926. The highest BCUT2D eigenvalue weighted by Gasteiger charge is 2.30. The quantitative estimate of drug-likeness (QED) is 0.0169. The first kappa shape index (κ1) is 97.2. The van der Waals surface area contributed by atoms with Gasteiger partial charge in [0.1, 0.15) is 19.3 Å². The van der Waals surface area contributed by atoms with Crippen molar-refractivity contribution in [1.82, 2.24) is 0 Å². The van der Waals surface area contributed by atoms with E-state index in [9.17, 15) is 43.2 Å². The molecule has 17 nitrogen and oxygen atoms in total. The molecule has 0 saturated carbocycles. The van der Waals surface area contributed by atoms with Crippen LogP contribution in [0.5, 0.6) is 0 Å². The van der Waals surface area contributed by atoms with Gasteiger partial charge in [0, 0.05) is 19.3 Å². The highest BCUT2D eigenvalue weighted by molar-refractivity contribution is 7.47. The Morgan fingerprint density at radius 2 is 0.549 bits per heavy atom. The van der Waals surface area contributed by atoms with Crippen LogP contribution in [-0.4, -0.2) is 96.7 Å². The molecule has 5 unspecified atom stereocenters. The Balaban J connectivity index is 5.45. The first-order valence-corrected chi connectivity index (χ1v) is 42.4. The van der Waals surface area contributed by atoms with E-state index in [1.807, 2.05) is 18.2 Å². The van der Waals surface area contributed by atoms with E-state index in [0.717, 1.165) is 148 Å². The SMILES string of the molecule is CC/C=C\C/C=C\C/C=C\C/C=C\C/C=C\CC(=O)OCC(COP(=O)(O)OCC(O)COP(=O)(O)OCC(COC(=O)CCCCCC/C=C\C/C=C\C/C=C\C/C=C\CC)OC(=O)CCCCCCCCCCCCCCCCC)OC(=O)CCCCCCC/C=C\C/C=C\CCCCC. The summed E-state index contributed by atoms with van der Waals surface area (Å²) in [6.07, 6.45) is 83.2. The third kappa shape index (κ3) is 73.5. The van der Waals surface area contributed by atoms with Crippen molar-refractivity contribution in [2.45, 2.75) is 329 Å². The highest BCUT2D eigenvalue weighted by atomic mass is 31.2. The molecule has 0 amide bonds. The maximum Gasteiger partial charge on any atom is 0.472 e. The van der Waals surface area contributed by atoms with Crippen LogP contribution in [0, 0.1) is 0 Å². The van der Waals surface area contributed by atoms with Crippen LogP contribution in [0.4, 0.5) is 0 Å². The van der Waals surface area contributed by atoms with E-state index in [1.54, 1.807) is 6.08 Å². The highest BCUT2D eigenvalue weighted by Crippen LogP contribution is 2.45. The fourth-order valence-electron chi connectivity index (χ4n) is 10.2. The molecule has 5 atom stereocenters. The Labute approximate surface area is 618 Å². The number of aliphatic hydroxyl groups excluding tert-OH is 1. The van der Waals surface area contributed by atoms with Crippen molar-refractivity contribution < 1.29 is 80.2 Å². The monoisotopic (exact) mass is 1470 g/mol. The lowest BCUT2D eigenvalue weighted by atomic mass is 10.0. The topological polar surface area (TPSA) is 237 Å². The Morgan fingerprint density at radius 3 is 0.892 bits per heavy atom. The van der Waals surface area contributed by atoms with Crippen LogP contribution in [-0.2, 0) is 65.4 Å². The molecule has 0 aliphatic heterocycles. The van der Waals surface area contributed by atoms with Gasteiger partial charge in [0.05, 0.1) is 32.8 Å². The Hall–Kier alpha value is -4.80.